The molecule has 0 aromatic heterocycles. The number of hydrogen-bond acceptors (Lipinski definition) is 10. The fourth-order valence-corrected chi connectivity index (χ4v) is 3.24. The Bertz CT molecular complexity index is 668. The van der Waals surface area contributed by atoms with Gasteiger partial charge in [-0.15, -0.1) is 0 Å². The van der Waals surface area contributed by atoms with E-state index in [0.29, 0.717) is 0 Å². The van der Waals surface area contributed by atoms with Gasteiger partial charge in [0.25, 0.3) is 20.2 Å². The van der Waals surface area contributed by atoms with Crippen LogP contribution in [0.1, 0.15) is 27.7 Å². The summed E-state index contributed by atoms with van der Waals surface area (Å²) >= 11 is 0. The van der Waals surface area contributed by atoms with E-state index in [-0.39, 0.29) is 13.2 Å². The van der Waals surface area contributed by atoms with Gasteiger partial charge in [0, 0.05) is 7.11 Å². The smallest absolute Gasteiger partial charge is 0.264 e. The van der Waals surface area contributed by atoms with Gasteiger partial charge in [-0.25, -0.2) is 0 Å². The van der Waals surface area contributed by atoms with Crippen molar-refractivity contribution in [2.24, 2.45) is 0 Å². The Hall–Kier alpha value is -0.340. The third-order valence-corrected chi connectivity index (χ3v) is 4.58. The summed E-state index contributed by atoms with van der Waals surface area (Å²) in [6.07, 6.45) is -1.15. The Morgan fingerprint density at radius 1 is 1.08 bits per heavy atom. The zero-order chi connectivity index (χ0) is 20.4. The molecule has 0 bridgehead atoms. The zero-order valence-electron chi connectivity index (χ0n) is 16.0. The van der Waals surface area contributed by atoms with Crippen LogP contribution in [-0.2, 0) is 47.5 Å². The summed E-state index contributed by atoms with van der Waals surface area (Å²) in [5, 5.41) is 0. The second kappa shape index (κ2) is 8.35. The molecule has 0 aliphatic carbocycles. The average Bonchev–Trinajstić information content (AvgIpc) is 2.74. The highest BCUT2D eigenvalue weighted by molar-refractivity contribution is 7.86. The lowest BCUT2D eigenvalue weighted by Crippen LogP contribution is -2.45. The third-order valence-electron chi connectivity index (χ3n) is 3.42. The van der Waals surface area contributed by atoms with Crippen molar-refractivity contribution in [3.05, 3.63) is 0 Å². The average molecular weight is 421 g/mol. The van der Waals surface area contributed by atoms with Crippen molar-refractivity contribution in [1.82, 2.24) is 0 Å². The first-order chi connectivity index (χ1) is 11.5. The summed E-state index contributed by atoms with van der Waals surface area (Å²) in [6, 6.07) is 0. The molecular formula is C14H28O10S2. The molecule has 3 unspecified atom stereocenters. The Morgan fingerprint density at radius 3 is 2.12 bits per heavy atom. The summed E-state index contributed by atoms with van der Waals surface area (Å²) < 4.78 is 77.8. The van der Waals surface area contributed by atoms with Gasteiger partial charge in [0.15, 0.2) is 11.6 Å². The molecule has 26 heavy (non-hydrogen) atoms. The van der Waals surface area contributed by atoms with Crippen molar-refractivity contribution in [2.45, 2.75) is 57.6 Å². The van der Waals surface area contributed by atoms with E-state index in [2.05, 4.69) is 0 Å². The highest BCUT2D eigenvalue weighted by atomic mass is 32.2. The maximum Gasteiger partial charge on any atom is 0.264 e. The van der Waals surface area contributed by atoms with E-state index >= 15 is 0 Å². The molecule has 1 saturated heterocycles. The molecule has 0 spiro atoms. The first-order valence-electron chi connectivity index (χ1n) is 7.81. The molecule has 0 radical (unpaired) electrons. The van der Waals surface area contributed by atoms with Gasteiger partial charge in [0.05, 0.1) is 25.7 Å². The largest absolute Gasteiger partial charge is 0.354 e. The molecule has 1 aliphatic heterocycles. The van der Waals surface area contributed by atoms with E-state index in [1.807, 2.05) is 0 Å². The SMILES string of the molecule is COC(C)(C)OCC(OS(C)(=O)=O)C1OC(C)(C)OC1COS(C)(=O)=O. The molecule has 1 heterocycles. The predicted molar refractivity (Wildman–Crippen MR) is 91.4 cm³/mol. The molecular weight excluding hydrogens is 392 g/mol. The van der Waals surface area contributed by atoms with E-state index in [0.717, 1.165) is 12.5 Å². The summed E-state index contributed by atoms with van der Waals surface area (Å²) in [4.78, 5) is 0. The summed E-state index contributed by atoms with van der Waals surface area (Å²) in [6.45, 7) is 5.95. The molecule has 0 amide bonds. The Morgan fingerprint density at radius 2 is 1.65 bits per heavy atom. The van der Waals surface area contributed by atoms with E-state index in [4.69, 9.17) is 27.3 Å². The van der Waals surface area contributed by atoms with Crippen LogP contribution in [0.15, 0.2) is 0 Å². The lowest BCUT2D eigenvalue weighted by atomic mass is 10.1. The van der Waals surface area contributed by atoms with E-state index < -0.39 is 50.1 Å². The fourth-order valence-electron chi connectivity index (χ4n) is 2.24. The van der Waals surface area contributed by atoms with Crippen LogP contribution < -0.4 is 0 Å². The van der Waals surface area contributed by atoms with Crippen LogP contribution in [0.5, 0.6) is 0 Å². The highest BCUT2D eigenvalue weighted by Crippen LogP contribution is 2.32. The maximum absolute atomic E-state index is 11.6. The topological polar surface area (TPSA) is 124 Å². The number of hydrogen-bond donors (Lipinski definition) is 0. The normalized spacial score (nSPS) is 25.3. The van der Waals surface area contributed by atoms with Crippen molar-refractivity contribution in [3.63, 3.8) is 0 Å². The molecule has 0 saturated carbocycles. The molecule has 0 N–H and O–H groups in total. The van der Waals surface area contributed by atoms with Crippen LogP contribution in [0.3, 0.4) is 0 Å². The molecule has 0 aromatic rings. The van der Waals surface area contributed by atoms with Gasteiger partial charge in [-0.05, 0) is 27.7 Å². The van der Waals surface area contributed by atoms with Gasteiger partial charge in [-0.3, -0.25) is 8.37 Å². The molecule has 1 fully saturated rings. The summed E-state index contributed by atoms with van der Waals surface area (Å²) in [5.74, 6) is -2.08. The van der Waals surface area contributed by atoms with Gasteiger partial charge >= 0.3 is 0 Å². The lowest BCUT2D eigenvalue weighted by molar-refractivity contribution is -0.216. The van der Waals surface area contributed by atoms with E-state index in [9.17, 15) is 16.8 Å². The van der Waals surface area contributed by atoms with Crippen molar-refractivity contribution in [1.29, 1.82) is 0 Å². The Labute approximate surface area is 155 Å². The highest BCUT2D eigenvalue weighted by Gasteiger charge is 2.47. The van der Waals surface area contributed by atoms with Gasteiger partial charge in [0.2, 0.25) is 0 Å². The lowest BCUT2D eigenvalue weighted by Gasteiger charge is -2.30. The zero-order valence-corrected chi connectivity index (χ0v) is 17.7. The van der Waals surface area contributed by atoms with Crippen LogP contribution >= 0.6 is 0 Å². The van der Waals surface area contributed by atoms with Gasteiger partial charge in [-0.2, -0.15) is 16.8 Å². The summed E-state index contributed by atoms with van der Waals surface area (Å²) in [5.41, 5.74) is 0. The van der Waals surface area contributed by atoms with Crippen molar-refractivity contribution in [2.75, 3.05) is 32.8 Å². The van der Waals surface area contributed by atoms with Crippen LogP contribution in [0.2, 0.25) is 0 Å². The number of methoxy groups -OCH3 is 1. The van der Waals surface area contributed by atoms with Crippen LogP contribution in [-0.4, -0.2) is 79.6 Å². The predicted octanol–water partition coefficient (Wildman–Crippen LogP) is 0.227. The second-order valence-corrected chi connectivity index (χ2v) is 10.1. The molecule has 0 aromatic carbocycles. The van der Waals surface area contributed by atoms with Crippen LogP contribution in [0.4, 0.5) is 0 Å². The minimum absolute atomic E-state index is 0.201. The number of rotatable bonds is 10. The van der Waals surface area contributed by atoms with Gasteiger partial charge < -0.3 is 18.9 Å². The monoisotopic (exact) mass is 420 g/mol. The quantitative estimate of drug-likeness (QED) is 0.358. The van der Waals surface area contributed by atoms with Crippen LogP contribution in [0, 0.1) is 0 Å². The van der Waals surface area contributed by atoms with Crippen LogP contribution in [0.25, 0.3) is 0 Å². The minimum atomic E-state index is -3.85. The maximum atomic E-state index is 11.6. The molecule has 12 heteroatoms. The van der Waals surface area contributed by atoms with E-state index in [1.165, 1.54) is 7.11 Å². The van der Waals surface area contributed by atoms with Gasteiger partial charge in [-0.1, -0.05) is 0 Å². The molecule has 10 nitrogen and oxygen atoms in total. The Balaban J connectivity index is 3.02. The third kappa shape index (κ3) is 8.57. The number of ether oxygens (including phenoxy) is 4. The van der Waals surface area contributed by atoms with Gasteiger partial charge in [0.1, 0.15) is 18.3 Å². The molecule has 3 atom stereocenters. The fraction of sp³-hybridized carbons (Fsp3) is 1.00. The summed E-state index contributed by atoms with van der Waals surface area (Å²) in [7, 11) is -6.14. The van der Waals surface area contributed by atoms with Crippen molar-refractivity contribution in [3.8, 4) is 0 Å². The van der Waals surface area contributed by atoms with E-state index in [1.54, 1.807) is 27.7 Å². The Kier molecular flexibility index (Phi) is 7.61. The second-order valence-electron chi connectivity index (χ2n) is 6.88. The molecule has 1 rings (SSSR count). The van der Waals surface area contributed by atoms with Crippen molar-refractivity contribution >= 4 is 20.2 Å². The minimum Gasteiger partial charge on any atom is -0.354 e. The standard InChI is InChI=1S/C14H28O10S2/c1-13(2,19-5)20-8-11(24-26(7,17)18)12-10(9-21-25(6,15)16)22-14(3,4)23-12/h10-12H,8-9H2,1-7H3. The first-order valence-corrected chi connectivity index (χ1v) is 11.4. The first kappa shape index (κ1) is 23.7. The molecule has 156 valence electrons. The molecule has 1 aliphatic rings. The van der Waals surface area contributed by atoms with Crippen molar-refractivity contribution < 1.29 is 44.1 Å².